The molecule has 0 bridgehead atoms. The van der Waals surface area contributed by atoms with E-state index >= 15 is 0 Å². The Balaban J connectivity index is 2.51. The normalized spacial score (nSPS) is 11.3. The summed E-state index contributed by atoms with van der Waals surface area (Å²) < 4.78 is 0. The number of hydrogen-bond donors (Lipinski definition) is 1. The van der Waals surface area contributed by atoms with E-state index in [1.807, 2.05) is 0 Å². The number of hydrogen-bond acceptors (Lipinski definition) is 2. The third kappa shape index (κ3) is 4.20. The van der Waals surface area contributed by atoms with E-state index in [1.165, 1.54) is 6.20 Å². The molecule has 0 atom stereocenters. The van der Waals surface area contributed by atoms with E-state index in [9.17, 15) is 5.11 Å². The van der Waals surface area contributed by atoms with Crippen molar-refractivity contribution in [3.8, 4) is 22.4 Å². The van der Waals surface area contributed by atoms with Gasteiger partial charge in [-0.25, -0.2) is 0 Å². The Kier molecular flexibility index (Phi) is 8.15. The predicted octanol–water partition coefficient (Wildman–Crippen LogP) is 10.4. The molecule has 0 fully saturated rings. The van der Waals surface area contributed by atoms with E-state index in [4.69, 9.17) is 116 Å². The molecule has 2 nitrogen and oxygen atoms in total. The molecule has 158 valence electrons. The van der Waals surface area contributed by atoms with Crippen molar-refractivity contribution >= 4 is 116 Å². The number of benzene rings is 2. The minimum absolute atomic E-state index is 0.0000301. The van der Waals surface area contributed by atoms with Crippen LogP contribution in [0.15, 0.2) is 12.3 Å². The summed E-state index contributed by atoms with van der Waals surface area (Å²) in [7, 11) is 0. The highest BCUT2D eigenvalue weighted by molar-refractivity contribution is 6.58. The number of aromatic nitrogens is 1. The fraction of sp³-hybridized carbons (Fsp3) is 0.0556. The molecule has 0 saturated heterocycles. The maximum Gasteiger partial charge on any atom is 0.0812 e. The zero-order chi connectivity index (χ0) is 22.5. The first kappa shape index (κ1) is 25.1. The smallest absolute Gasteiger partial charge is 0.0812 e. The Labute approximate surface area is 221 Å². The molecule has 3 aromatic rings. The zero-order valence-electron chi connectivity index (χ0n) is 14.0. The van der Waals surface area contributed by atoms with Crippen molar-refractivity contribution in [1.29, 1.82) is 0 Å². The van der Waals surface area contributed by atoms with Crippen molar-refractivity contribution in [3.05, 3.63) is 68.1 Å². The molecule has 0 aliphatic rings. The topological polar surface area (TPSA) is 33.1 Å². The van der Waals surface area contributed by atoms with Crippen LogP contribution < -0.4 is 0 Å². The molecule has 12 heteroatoms. The molecule has 1 aromatic heterocycles. The second-order valence-electron chi connectivity index (χ2n) is 5.79. The number of aliphatic hydroxyl groups excluding tert-OH is 1. The summed E-state index contributed by atoms with van der Waals surface area (Å²) in [5.74, 6) is 0. The number of pyridine rings is 1. The number of halogens is 10. The van der Waals surface area contributed by atoms with Gasteiger partial charge < -0.3 is 5.11 Å². The fourth-order valence-electron chi connectivity index (χ4n) is 2.64. The Bertz CT molecular complexity index is 1140. The molecule has 0 radical (unpaired) electrons. The van der Waals surface area contributed by atoms with Gasteiger partial charge in [-0.15, -0.1) is 0 Å². The monoisotopic (exact) mass is 601 g/mol. The van der Waals surface area contributed by atoms with Crippen LogP contribution in [0, 0.1) is 0 Å². The molecule has 3 rings (SSSR count). The van der Waals surface area contributed by atoms with Crippen LogP contribution in [0.1, 0.15) is 5.56 Å². The summed E-state index contributed by atoms with van der Waals surface area (Å²) in [6.45, 7) is -0.325. The molecule has 0 unspecified atom stereocenters. The summed E-state index contributed by atoms with van der Waals surface area (Å²) in [6.07, 6.45) is 1.41. The maximum atomic E-state index is 9.61. The Morgan fingerprint density at radius 1 is 0.567 bits per heavy atom. The van der Waals surface area contributed by atoms with E-state index in [0.717, 1.165) is 0 Å². The van der Waals surface area contributed by atoms with Gasteiger partial charge in [0.25, 0.3) is 0 Å². The lowest BCUT2D eigenvalue weighted by molar-refractivity contribution is 0.281. The van der Waals surface area contributed by atoms with Crippen LogP contribution in [0.2, 0.25) is 50.2 Å². The first-order valence-electron chi connectivity index (χ1n) is 7.66. The van der Waals surface area contributed by atoms with Crippen molar-refractivity contribution in [2.24, 2.45) is 0 Å². The largest absolute Gasteiger partial charge is 0.392 e. The average molecular weight is 606 g/mol. The summed E-state index contributed by atoms with van der Waals surface area (Å²) in [6, 6.07) is 1.57. The molecule has 2 aromatic carbocycles. The van der Waals surface area contributed by atoms with Gasteiger partial charge >= 0.3 is 0 Å². The van der Waals surface area contributed by atoms with Crippen molar-refractivity contribution in [3.63, 3.8) is 0 Å². The van der Waals surface area contributed by atoms with Crippen molar-refractivity contribution < 1.29 is 5.11 Å². The van der Waals surface area contributed by atoms with Crippen LogP contribution in [0.25, 0.3) is 22.4 Å². The molecular weight excluding hydrogens is 601 g/mol. The number of rotatable bonds is 3. The minimum atomic E-state index is -0.325. The summed E-state index contributed by atoms with van der Waals surface area (Å²) in [4.78, 5) is 4.37. The summed E-state index contributed by atoms with van der Waals surface area (Å²) in [5.41, 5.74) is 1.30. The first-order valence-corrected chi connectivity index (χ1v) is 11.4. The SMILES string of the molecule is OCc1cnc(-c2c(Cl)c(Cl)c(Cl)c(Cl)c2Cl)c(-c2c(Cl)c(Cl)c(Cl)c(Cl)c2Cl)c1. The molecule has 0 amide bonds. The van der Waals surface area contributed by atoms with Gasteiger partial charge in [-0.1, -0.05) is 116 Å². The Morgan fingerprint density at radius 2 is 0.933 bits per heavy atom. The molecule has 30 heavy (non-hydrogen) atoms. The van der Waals surface area contributed by atoms with E-state index < -0.39 is 0 Å². The molecule has 0 saturated carbocycles. The standard InChI is InChI=1S/C18H5Cl10NO/c19-8-6(9(20)13(24)16(27)12(8)23)5-1-4(3-30)2-29-18(5)7-10(21)14(25)17(28)15(26)11(7)22/h1-2,30H,3H2. The van der Waals surface area contributed by atoms with Crippen LogP contribution in [0.3, 0.4) is 0 Å². The van der Waals surface area contributed by atoms with Crippen LogP contribution >= 0.6 is 116 Å². The molecule has 0 aliphatic heterocycles. The van der Waals surface area contributed by atoms with Crippen LogP contribution in [0.5, 0.6) is 0 Å². The second kappa shape index (κ2) is 9.75. The fourth-order valence-corrected chi connectivity index (χ4v) is 5.30. The van der Waals surface area contributed by atoms with E-state index in [-0.39, 0.29) is 73.7 Å². The van der Waals surface area contributed by atoms with Gasteiger partial charge in [0.2, 0.25) is 0 Å². The predicted molar refractivity (Wildman–Crippen MR) is 131 cm³/mol. The van der Waals surface area contributed by atoms with Crippen LogP contribution in [0.4, 0.5) is 0 Å². The minimum Gasteiger partial charge on any atom is -0.392 e. The van der Waals surface area contributed by atoms with Crippen molar-refractivity contribution in [2.75, 3.05) is 0 Å². The van der Waals surface area contributed by atoms with Gasteiger partial charge in [0.05, 0.1) is 62.5 Å². The number of nitrogens with zero attached hydrogens (tertiary/aromatic N) is 1. The van der Waals surface area contributed by atoms with Gasteiger partial charge in [0, 0.05) is 22.9 Å². The van der Waals surface area contributed by atoms with Gasteiger partial charge in [-0.3, -0.25) is 4.98 Å². The molecule has 0 aliphatic carbocycles. The highest BCUT2D eigenvalue weighted by atomic mass is 35.5. The molecule has 1 N–H and O–H groups in total. The van der Waals surface area contributed by atoms with Crippen molar-refractivity contribution in [1.82, 2.24) is 4.98 Å². The van der Waals surface area contributed by atoms with E-state index in [1.54, 1.807) is 6.07 Å². The van der Waals surface area contributed by atoms with E-state index in [0.29, 0.717) is 11.1 Å². The van der Waals surface area contributed by atoms with Crippen LogP contribution in [-0.4, -0.2) is 10.1 Å². The highest BCUT2D eigenvalue weighted by Gasteiger charge is 2.27. The molecule has 0 spiro atoms. The van der Waals surface area contributed by atoms with Crippen molar-refractivity contribution in [2.45, 2.75) is 6.61 Å². The van der Waals surface area contributed by atoms with Gasteiger partial charge in [-0.2, -0.15) is 0 Å². The van der Waals surface area contributed by atoms with Gasteiger partial charge in [0.1, 0.15) is 0 Å². The van der Waals surface area contributed by atoms with Gasteiger partial charge in [-0.05, 0) is 11.6 Å². The lowest BCUT2D eigenvalue weighted by Crippen LogP contribution is -1.98. The molecule has 1 heterocycles. The molecular formula is C18H5Cl10NO. The van der Waals surface area contributed by atoms with Crippen LogP contribution in [-0.2, 0) is 6.61 Å². The van der Waals surface area contributed by atoms with Gasteiger partial charge in [0.15, 0.2) is 0 Å². The maximum absolute atomic E-state index is 9.61. The third-order valence-electron chi connectivity index (χ3n) is 4.05. The third-order valence-corrected chi connectivity index (χ3v) is 8.61. The van der Waals surface area contributed by atoms with E-state index in [2.05, 4.69) is 4.98 Å². The Hall–Kier alpha value is 0.450. The average Bonchev–Trinajstić information content (AvgIpc) is 2.74. The Morgan fingerprint density at radius 3 is 1.33 bits per heavy atom. The summed E-state index contributed by atoms with van der Waals surface area (Å²) >= 11 is 62.8. The zero-order valence-corrected chi connectivity index (χ0v) is 21.6. The quantitative estimate of drug-likeness (QED) is 0.238. The first-order chi connectivity index (χ1) is 14.0. The second-order valence-corrected chi connectivity index (χ2v) is 9.57. The lowest BCUT2D eigenvalue weighted by Gasteiger charge is -2.19. The number of aliphatic hydroxyl groups is 1. The highest BCUT2D eigenvalue weighted by Crippen LogP contribution is 2.53. The lowest BCUT2D eigenvalue weighted by atomic mass is 9.97. The summed E-state index contributed by atoms with van der Waals surface area (Å²) in [5, 5.41) is 9.50.